The summed E-state index contributed by atoms with van der Waals surface area (Å²) in [6.07, 6.45) is 0. The van der Waals surface area contributed by atoms with Crippen molar-refractivity contribution in [1.82, 2.24) is 9.97 Å². The van der Waals surface area contributed by atoms with Crippen LogP contribution in [-0.4, -0.2) is 9.97 Å². The quantitative estimate of drug-likeness (QED) is 0.181. The highest BCUT2D eigenvalue weighted by atomic mass is 14.9. The summed E-state index contributed by atoms with van der Waals surface area (Å²) in [7, 11) is 0. The molecule has 10 rings (SSSR count). The van der Waals surface area contributed by atoms with Crippen LogP contribution in [0.15, 0.2) is 182 Å². The van der Waals surface area contributed by atoms with Crippen LogP contribution in [0.2, 0.25) is 0 Å². The first-order chi connectivity index (χ1) is 26.0. The van der Waals surface area contributed by atoms with Crippen molar-refractivity contribution in [3.05, 3.63) is 193 Å². The van der Waals surface area contributed by atoms with Crippen molar-refractivity contribution in [2.24, 2.45) is 0 Å². The van der Waals surface area contributed by atoms with E-state index < -0.39 is 0 Å². The predicted molar refractivity (Wildman–Crippen MR) is 222 cm³/mol. The topological polar surface area (TPSA) is 25.8 Å². The van der Waals surface area contributed by atoms with E-state index in [4.69, 9.17) is 9.97 Å². The zero-order valence-electron chi connectivity index (χ0n) is 29.7. The minimum Gasteiger partial charge on any atom is -0.228 e. The Hall–Kier alpha value is -6.64. The van der Waals surface area contributed by atoms with E-state index in [0.29, 0.717) is 0 Å². The average Bonchev–Trinajstić information content (AvgIpc) is 3.47. The second-order valence-corrected chi connectivity index (χ2v) is 14.5. The summed E-state index contributed by atoms with van der Waals surface area (Å²) in [5.41, 5.74) is 15.2. The van der Waals surface area contributed by atoms with Gasteiger partial charge in [-0.3, -0.25) is 0 Å². The molecule has 0 amide bonds. The Bertz CT molecular complexity index is 2790. The number of hydrogen-bond acceptors (Lipinski definition) is 2. The molecule has 0 atom stereocenters. The van der Waals surface area contributed by atoms with Crippen LogP contribution in [0.1, 0.15) is 25.0 Å². The Labute approximate surface area is 310 Å². The van der Waals surface area contributed by atoms with E-state index in [1.54, 1.807) is 0 Å². The molecule has 0 N–H and O–H groups in total. The smallest absolute Gasteiger partial charge is 0.161 e. The van der Waals surface area contributed by atoms with E-state index in [1.807, 2.05) is 12.1 Å². The minimum atomic E-state index is -0.153. The maximum absolute atomic E-state index is 5.18. The predicted octanol–water partition coefficient (Wildman–Crippen LogP) is 13.4. The summed E-state index contributed by atoms with van der Waals surface area (Å²) in [4.78, 5) is 10.4. The first kappa shape index (κ1) is 31.1. The second-order valence-electron chi connectivity index (χ2n) is 14.5. The molecule has 0 bridgehead atoms. The molecule has 2 heteroatoms. The standard InChI is InChI=1S/C51H36N2/c1-51(2)48-39-22-10-9-15-33(39)27-28-44(48)43-26-14-25-40(49(43)51)37-21-13-20-36(31-37)38-29-30-45(42-24-12-11-23-41(38)42)50-52-46(34-16-5-3-6-17-34)32-47(53-50)35-18-7-4-8-19-35/h3-32H,1-2H3. The lowest BCUT2D eigenvalue weighted by Crippen LogP contribution is -2.16. The van der Waals surface area contributed by atoms with Gasteiger partial charge < -0.3 is 0 Å². The van der Waals surface area contributed by atoms with Crippen LogP contribution in [0.4, 0.5) is 0 Å². The normalized spacial score (nSPS) is 12.9. The molecule has 0 unspecified atom stereocenters. The number of nitrogens with zero attached hydrogens (tertiary/aromatic N) is 2. The lowest BCUT2D eigenvalue weighted by Gasteiger charge is -2.26. The van der Waals surface area contributed by atoms with E-state index in [9.17, 15) is 0 Å². The molecular formula is C51H36N2. The molecule has 1 aliphatic carbocycles. The molecule has 250 valence electrons. The Balaban J connectivity index is 1.11. The molecule has 1 aromatic heterocycles. The highest BCUT2D eigenvalue weighted by Crippen LogP contribution is 2.54. The van der Waals surface area contributed by atoms with Gasteiger partial charge in [0.15, 0.2) is 5.82 Å². The van der Waals surface area contributed by atoms with Gasteiger partial charge in [0, 0.05) is 22.1 Å². The summed E-state index contributed by atoms with van der Waals surface area (Å²) < 4.78 is 0. The molecule has 53 heavy (non-hydrogen) atoms. The zero-order chi connectivity index (χ0) is 35.5. The van der Waals surface area contributed by atoms with Gasteiger partial charge in [-0.1, -0.05) is 178 Å². The summed E-state index contributed by atoms with van der Waals surface area (Å²) in [5.74, 6) is 0.718. The maximum atomic E-state index is 5.18. The Morgan fingerprint density at radius 1 is 0.340 bits per heavy atom. The van der Waals surface area contributed by atoms with Crippen molar-refractivity contribution in [3.63, 3.8) is 0 Å². The fourth-order valence-electron chi connectivity index (χ4n) is 8.67. The number of benzene rings is 8. The highest BCUT2D eigenvalue weighted by Gasteiger charge is 2.38. The molecule has 0 saturated carbocycles. The Morgan fingerprint density at radius 2 is 0.830 bits per heavy atom. The molecule has 0 spiro atoms. The molecule has 0 saturated heterocycles. The molecule has 9 aromatic rings. The molecule has 2 nitrogen and oxygen atoms in total. The van der Waals surface area contributed by atoms with Crippen molar-refractivity contribution < 1.29 is 0 Å². The van der Waals surface area contributed by atoms with E-state index in [1.165, 1.54) is 60.7 Å². The molecule has 1 heterocycles. The molecule has 8 aromatic carbocycles. The first-order valence-electron chi connectivity index (χ1n) is 18.3. The van der Waals surface area contributed by atoms with E-state index in [2.05, 4.69) is 184 Å². The Kier molecular flexibility index (Phi) is 7.19. The van der Waals surface area contributed by atoms with Gasteiger partial charge in [-0.2, -0.15) is 0 Å². The fraction of sp³-hybridized carbons (Fsp3) is 0.0588. The zero-order valence-corrected chi connectivity index (χ0v) is 29.7. The maximum Gasteiger partial charge on any atom is 0.161 e. The van der Waals surface area contributed by atoms with Crippen molar-refractivity contribution in [2.45, 2.75) is 19.3 Å². The lowest BCUT2D eigenvalue weighted by molar-refractivity contribution is 0.668. The number of rotatable bonds is 5. The third-order valence-corrected chi connectivity index (χ3v) is 11.0. The third kappa shape index (κ3) is 5.10. The summed E-state index contributed by atoms with van der Waals surface area (Å²) in [5, 5.41) is 4.93. The van der Waals surface area contributed by atoms with Gasteiger partial charge in [-0.25, -0.2) is 9.97 Å². The number of hydrogen-bond donors (Lipinski definition) is 0. The lowest BCUT2D eigenvalue weighted by atomic mass is 9.77. The van der Waals surface area contributed by atoms with Gasteiger partial charge >= 0.3 is 0 Å². The summed E-state index contributed by atoms with van der Waals surface area (Å²) in [6.45, 7) is 4.78. The summed E-state index contributed by atoms with van der Waals surface area (Å²) in [6, 6.07) is 65.3. The van der Waals surface area contributed by atoms with Crippen LogP contribution in [0, 0.1) is 0 Å². The second kappa shape index (κ2) is 12.3. The number of aromatic nitrogens is 2. The van der Waals surface area contributed by atoms with Crippen LogP contribution in [0.5, 0.6) is 0 Å². The van der Waals surface area contributed by atoms with Gasteiger partial charge in [0.25, 0.3) is 0 Å². The number of fused-ring (bicyclic) bond motifs is 6. The molecule has 0 radical (unpaired) electrons. The SMILES string of the molecule is CC1(C)c2c(-c3cccc(-c4ccc(-c5nc(-c6ccccc6)cc(-c6ccccc6)n5)c5ccccc45)c3)cccc2-c2ccc3ccccc3c21. The fourth-order valence-corrected chi connectivity index (χ4v) is 8.67. The Morgan fingerprint density at radius 3 is 1.53 bits per heavy atom. The molecule has 0 aliphatic heterocycles. The van der Waals surface area contributed by atoms with Crippen molar-refractivity contribution in [1.29, 1.82) is 0 Å². The highest BCUT2D eigenvalue weighted by molar-refractivity contribution is 6.05. The minimum absolute atomic E-state index is 0.153. The monoisotopic (exact) mass is 676 g/mol. The summed E-state index contributed by atoms with van der Waals surface area (Å²) >= 11 is 0. The molecular weight excluding hydrogens is 641 g/mol. The average molecular weight is 677 g/mol. The van der Waals surface area contributed by atoms with Gasteiger partial charge in [0.2, 0.25) is 0 Å². The third-order valence-electron chi connectivity index (χ3n) is 11.0. The van der Waals surface area contributed by atoms with E-state index in [-0.39, 0.29) is 5.41 Å². The molecule has 0 fully saturated rings. The van der Waals surface area contributed by atoms with Crippen LogP contribution in [-0.2, 0) is 5.41 Å². The van der Waals surface area contributed by atoms with E-state index >= 15 is 0 Å². The van der Waals surface area contributed by atoms with Crippen molar-refractivity contribution in [3.8, 4) is 67.3 Å². The van der Waals surface area contributed by atoms with Crippen molar-refractivity contribution in [2.75, 3.05) is 0 Å². The van der Waals surface area contributed by atoms with Gasteiger partial charge in [-0.05, 0) is 84.3 Å². The van der Waals surface area contributed by atoms with Crippen LogP contribution in [0.25, 0.3) is 88.8 Å². The first-order valence-corrected chi connectivity index (χ1v) is 18.3. The van der Waals surface area contributed by atoms with Crippen LogP contribution >= 0.6 is 0 Å². The van der Waals surface area contributed by atoms with Gasteiger partial charge in [-0.15, -0.1) is 0 Å². The van der Waals surface area contributed by atoms with Crippen LogP contribution in [0.3, 0.4) is 0 Å². The molecule has 1 aliphatic rings. The van der Waals surface area contributed by atoms with Gasteiger partial charge in [0.1, 0.15) is 0 Å². The largest absolute Gasteiger partial charge is 0.228 e. The van der Waals surface area contributed by atoms with Crippen LogP contribution < -0.4 is 0 Å². The van der Waals surface area contributed by atoms with E-state index in [0.717, 1.165) is 39.3 Å². The van der Waals surface area contributed by atoms with Crippen molar-refractivity contribution >= 4 is 21.5 Å². The van der Waals surface area contributed by atoms with Gasteiger partial charge in [0.05, 0.1) is 11.4 Å².